The molecule has 1 saturated carbocycles. The Morgan fingerprint density at radius 1 is 1.53 bits per heavy atom. The average molecular weight is 244 g/mol. The van der Waals surface area contributed by atoms with Gasteiger partial charge < -0.3 is 10.5 Å². The Morgan fingerprint density at radius 2 is 2.18 bits per heavy atom. The summed E-state index contributed by atoms with van der Waals surface area (Å²) in [7, 11) is 0. The zero-order chi connectivity index (χ0) is 13.1. The summed E-state index contributed by atoms with van der Waals surface area (Å²) in [6.07, 6.45) is 1.15. The van der Waals surface area contributed by atoms with Gasteiger partial charge in [0.15, 0.2) is 0 Å². The molecule has 1 aliphatic rings. The summed E-state index contributed by atoms with van der Waals surface area (Å²) in [4.78, 5) is 15.6. The molecule has 0 aliphatic heterocycles. The van der Waals surface area contributed by atoms with E-state index in [1.54, 1.807) is 0 Å². The summed E-state index contributed by atoms with van der Waals surface area (Å²) < 4.78 is 5.83. The lowest BCUT2D eigenvalue weighted by atomic mass is 9.65. The maximum atomic E-state index is 10.5. The molecule has 1 aliphatic carbocycles. The lowest BCUT2D eigenvalue weighted by Gasteiger charge is -2.51. The molecule has 1 amide bonds. The van der Waals surface area contributed by atoms with Gasteiger partial charge in [-0.2, -0.15) is 5.48 Å². The molecular formula is C12H24N2O3. The molecule has 0 saturated heterocycles. The van der Waals surface area contributed by atoms with Crippen LogP contribution in [0.2, 0.25) is 0 Å². The largest absolute Gasteiger partial charge is 0.377 e. The van der Waals surface area contributed by atoms with Crippen LogP contribution in [0.1, 0.15) is 34.1 Å². The van der Waals surface area contributed by atoms with Crippen molar-refractivity contribution >= 4 is 5.91 Å². The summed E-state index contributed by atoms with van der Waals surface area (Å²) in [6, 6.07) is 0.207. The fourth-order valence-corrected chi connectivity index (χ4v) is 1.89. The first kappa shape index (κ1) is 14.4. The highest BCUT2D eigenvalue weighted by molar-refractivity contribution is 5.74. The molecule has 0 spiro atoms. The Kier molecular flexibility index (Phi) is 4.91. The fraction of sp³-hybridized carbons (Fsp3) is 0.917. The van der Waals surface area contributed by atoms with Crippen LogP contribution in [0.15, 0.2) is 0 Å². The topological polar surface area (TPSA) is 73.6 Å². The third-order valence-corrected chi connectivity index (χ3v) is 3.25. The Hall–Kier alpha value is -0.650. The molecule has 0 aromatic rings. The van der Waals surface area contributed by atoms with Crippen molar-refractivity contribution in [1.29, 1.82) is 0 Å². The molecule has 1 fully saturated rings. The van der Waals surface area contributed by atoms with E-state index in [9.17, 15) is 4.79 Å². The lowest BCUT2D eigenvalue weighted by Crippen LogP contribution is -2.61. The molecule has 100 valence electrons. The van der Waals surface area contributed by atoms with Crippen LogP contribution in [0.25, 0.3) is 0 Å². The first-order valence-corrected chi connectivity index (χ1v) is 6.11. The van der Waals surface area contributed by atoms with Crippen molar-refractivity contribution in [3.8, 4) is 0 Å². The second kappa shape index (κ2) is 5.80. The molecule has 0 heterocycles. The number of carbonyl (C=O) groups is 1. The molecule has 0 bridgehead atoms. The van der Waals surface area contributed by atoms with Crippen molar-refractivity contribution in [1.82, 2.24) is 5.48 Å². The Morgan fingerprint density at radius 3 is 2.65 bits per heavy atom. The number of primary amides is 1. The van der Waals surface area contributed by atoms with E-state index in [0.29, 0.717) is 5.92 Å². The zero-order valence-corrected chi connectivity index (χ0v) is 11.2. The highest BCUT2D eigenvalue weighted by Gasteiger charge is 2.49. The number of rotatable bonds is 7. The number of amides is 1. The Labute approximate surface area is 103 Å². The van der Waals surface area contributed by atoms with Crippen molar-refractivity contribution in [3.05, 3.63) is 0 Å². The van der Waals surface area contributed by atoms with Gasteiger partial charge in [-0.3, -0.25) is 9.63 Å². The van der Waals surface area contributed by atoms with Crippen molar-refractivity contribution < 1.29 is 14.4 Å². The van der Waals surface area contributed by atoms with E-state index in [2.05, 4.69) is 33.2 Å². The fourth-order valence-electron chi connectivity index (χ4n) is 1.89. The number of hydrogen-bond donors (Lipinski definition) is 2. The molecule has 0 aromatic carbocycles. The van der Waals surface area contributed by atoms with Crippen LogP contribution in [0.3, 0.4) is 0 Å². The monoisotopic (exact) mass is 244 g/mol. The molecule has 1 rings (SSSR count). The summed E-state index contributed by atoms with van der Waals surface area (Å²) in [6.45, 7) is 9.22. The molecule has 17 heavy (non-hydrogen) atoms. The molecule has 2 unspecified atom stereocenters. The van der Waals surface area contributed by atoms with Gasteiger partial charge in [-0.25, -0.2) is 0 Å². The van der Waals surface area contributed by atoms with E-state index in [1.165, 1.54) is 0 Å². The van der Waals surface area contributed by atoms with Crippen molar-refractivity contribution in [2.75, 3.05) is 13.2 Å². The molecule has 0 aromatic heterocycles. The molecular weight excluding hydrogens is 220 g/mol. The minimum Gasteiger partial charge on any atom is -0.377 e. The lowest BCUT2D eigenvalue weighted by molar-refractivity contribution is -0.163. The van der Waals surface area contributed by atoms with Crippen molar-refractivity contribution in [2.45, 2.75) is 46.3 Å². The van der Waals surface area contributed by atoms with Crippen molar-refractivity contribution in [3.63, 3.8) is 0 Å². The highest BCUT2D eigenvalue weighted by atomic mass is 16.6. The highest BCUT2D eigenvalue weighted by Crippen LogP contribution is 2.42. The molecule has 5 heteroatoms. The maximum Gasteiger partial charge on any atom is 0.245 e. The number of hydroxylamine groups is 1. The van der Waals surface area contributed by atoms with Crippen LogP contribution in [-0.2, 0) is 14.4 Å². The number of carbonyl (C=O) groups excluding carboxylic acids is 1. The van der Waals surface area contributed by atoms with Crippen LogP contribution in [0.4, 0.5) is 0 Å². The Balaban J connectivity index is 2.26. The van der Waals surface area contributed by atoms with Crippen LogP contribution in [0, 0.1) is 11.3 Å². The number of ether oxygens (including phenoxy) is 1. The molecule has 5 nitrogen and oxygen atoms in total. The van der Waals surface area contributed by atoms with E-state index >= 15 is 0 Å². The average Bonchev–Trinajstić information content (AvgIpc) is 2.20. The number of nitrogens with two attached hydrogens (primary N) is 1. The third kappa shape index (κ3) is 3.94. The summed E-state index contributed by atoms with van der Waals surface area (Å²) in [5.41, 5.74) is 7.88. The van der Waals surface area contributed by atoms with Crippen LogP contribution >= 0.6 is 0 Å². The van der Waals surface area contributed by atoms with Crippen LogP contribution in [0.5, 0.6) is 0 Å². The normalized spacial score (nSPS) is 26.9. The maximum absolute atomic E-state index is 10.5. The van der Waals surface area contributed by atoms with Gasteiger partial charge in [0, 0.05) is 18.1 Å². The predicted molar refractivity (Wildman–Crippen MR) is 65.0 cm³/mol. The van der Waals surface area contributed by atoms with Gasteiger partial charge in [0.25, 0.3) is 0 Å². The van der Waals surface area contributed by atoms with Crippen LogP contribution in [-0.4, -0.2) is 31.3 Å². The molecule has 3 N–H and O–H groups in total. The minimum absolute atomic E-state index is 0.0204. The summed E-state index contributed by atoms with van der Waals surface area (Å²) in [5.74, 6) is 0.0751. The van der Waals surface area contributed by atoms with E-state index in [0.717, 1.165) is 13.0 Å². The standard InChI is InChI=1S/C12H24N2O3/c1-8(2)6-16-10-5-9(12(10,3)4)14-17-7-11(13)15/h8-10,14H,5-7H2,1-4H3,(H2,13,15). The first-order valence-electron chi connectivity index (χ1n) is 6.11. The summed E-state index contributed by atoms with van der Waals surface area (Å²) >= 11 is 0. The van der Waals surface area contributed by atoms with E-state index in [4.69, 9.17) is 15.3 Å². The van der Waals surface area contributed by atoms with Crippen LogP contribution < -0.4 is 11.2 Å². The van der Waals surface area contributed by atoms with Gasteiger partial charge in [-0.05, 0) is 12.3 Å². The second-order valence-electron chi connectivity index (χ2n) is 5.70. The van der Waals surface area contributed by atoms with Gasteiger partial charge in [0.2, 0.25) is 5.91 Å². The predicted octanol–water partition coefficient (Wildman–Crippen LogP) is 0.833. The quantitative estimate of drug-likeness (QED) is 0.651. The van der Waals surface area contributed by atoms with E-state index < -0.39 is 5.91 Å². The number of nitrogens with one attached hydrogen (secondary N) is 1. The van der Waals surface area contributed by atoms with E-state index in [-0.39, 0.29) is 24.2 Å². The number of hydrogen-bond acceptors (Lipinski definition) is 4. The summed E-state index contributed by atoms with van der Waals surface area (Å²) in [5, 5.41) is 0. The first-order chi connectivity index (χ1) is 7.84. The van der Waals surface area contributed by atoms with Gasteiger partial charge in [0.05, 0.1) is 6.10 Å². The van der Waals surface area contributed by atoms with E-state index in [1.807, 2.05) is 0 Å². The smallest absolute Gasteiger partial charge is 0.245 e. The SMILES string of the molecule is CC(C)COC1CC(NOCC(N)=O)C1(C)C. The van der Waals surface area contributed by atoms with Crippen molar-refractivity contribution in [2.24, 2.45) is 17.1 Å². The zero-order valence-electron chi connectivity index (χ0n) is 11.2. The minimum atomic E-state index is -0.470. The second-order valence-corrected chi connectivity index (χ2v) is 5.70. The van der Waals surface area contributed by atoms with Gasteiger partial charge in [-0.1, -0.05) is 27.7 Å². The Bertz CT molecular complexity index is 266. The molecule has 2 atom stereocenters. The third-order valence-electron chi connectivity index (χ3n) is 3.25. The van der Waals surface area contributed by atoms with Gasteiger partial charge in [-0.15, -0.1) is 0 Å². The van der Waals surface area contributed by atoms with Gasteiger partial charge >= 0.3 is 0 Å². The molecule has 0 radical (unpaired) electrons. The van der Waals surface area contributed by atoms with Gasteiger partial charge in [0.1, 0.15) is 6.61 Å².